The van der Waals surface area contributed by atoms with E-state index in [9.17, 15) is 0 Å². The molecule has 3 heterocycles. The van der Waals surface area contributed by atoms with E-state index < -0.39 is 0 Å². The van der Waals surface area contributed by atoms with Crippen LogP contribution in [0.4, 0.5) is 0 Å². The summed E-state index contributed by atoms with van der Waals surface area (Å²) in [6.07, 6.45) is 3.73. The number of imidazole rings is 1. The summed E-state index contributed by atoms with van der Waals surface area (Å²) >= 11 is 0. The SMILES string of the molecule is Cc1cccc(C)c1COc1cc(-c2ccco2)cn2c(C)c(C)nc12. The van der Waals surface area contributed by atoms with Crippen LogP contribution >= 0.6 is 0 Å². The molecule has 0 atom stereocenters. The number of furan rings is 1. The molecule has 0 bridgehead atoms. The van der Waals surface area contributed by atoms with Crippen molar-refractivity contribution in [3.05, 3.63) is 76.9 Å². The van der Waals surface area contributed by atoms with Crippen LogP contribution in [0.5, 0.6) is 5.75 Å². The van der Waals surface area contributed by atoms with Crippen LogP contribution in [0.25, 0.3) is 17.0 Å². The molecule has 4 heteroatoms. The summed E-state index contributed by atoms with van der Waals surface area (Å²) in [5, 5.41) is 0. The summed E-state index contributed by atoms with van der Waals surface area (Å²) in [6, 6.07) is 12.2. The van der Waals surface area contributed by atoms with Gasteiger partial charge in [0.2, 0.25) is 0 Å². The lowest BCUT2D eigenvalue weighted by Crippen LogP contribution is -2.02. The first-order valence-electron chi connectivity index (χ1n) is 8.75. The number of hydrogen-bond donors (Lipinski definition) is 0. The molecule has 0 fully saturated rings. The number of nitrogens with zero attached hydrogens (tertiary/aromatic N) is 2. The Bertz CT molecular complexity index is 1060. The van der Waals surface area contributed by atoms with Crippen molar-refractivity contribution >= 4 is 5.65 Å². The number of hydrogen-bond acceptors (Lipinski definition) is 3. The monoisotopic (exact) mass is 346 g/mol. The van der Waals surface area contributed by atoms with Crippen LogP contribution in [0, 0.1) is 27.7 Å². The molecule has 0 spiro atoms. The molecular formula is C22H22N2O2. The van der Waals surface area contributed by atoms with Crippen molar-refractivity contribution in [2.24, 2.45) is 0 Å². The molecule has 0 N–H and O–H groups in total. The minimum atomic E-state index is 0.515. The molecule has 1 aromatic carbocycles. The largest absolute Gasteiger partial charge is 0.485 e. The summed E-state index contributed by atoms with van der Waals surface area (Å²) in [4.78, 5) is 4.70. The van der Waals surface area contributed by atoms with Gasteiger partial charge in [0.25, 0.3) is 0 Å². The maximum absolute atomic E-state index is 6.25. The zero-order chi connectivity index (χ0) is 18.3. The van der Waals surface area contributed by atoms with Gasteiger partial charge in [-0.05, 0) is 62.6 Å². The zero-order valence-corrected chi connectivity index (χ0v) is 15.5. The van der Waals surface area contributed by atoms with E-state index in [0.717, 1.165) is 34.1 Å². The topological polar surface area (TPSA) is 39.7 Å². The molecule has 0 unspecified atom stereocenters. The molecule has 132 valence electrons. The highest BCUT2D eigenvalue weighted by molar-refractivity contribution is 5.67. The van der Waals surface area contributed by atoms with Crippen molar-refractivity contribution in [3.63, 3.8) is 0 Å². The maximum atomic E-state index is 6.25. The third-order valence-electron chi connectivity index (χ3n) is 4.98. The first kappa shape index (κ1) is 16.5. The van der Waals surface area contributed by atoms with Gasteiger partial charge in [0.15, 0.2) is 11.4 Å². The van der Waals surface area contributed by atoms with Crippen molar-refractivity contribution in [3.8, 4) is 17.1 Å². The number of benzene rings is 1. The fourth-order valence-electron chi connectivity index (χ4n) is 3.25. The van der Waals surface area contributed by atoms with E-state index in [1.165, 1.54) is 16.7 Å². The van der Waals surface area contributed by atoms with Crippen LogP contribution in [-0.2, 0) is 6.61 Å². The normalized spacial score (nSPS) is 11.2. The molecule has 4 rings (SSSR count). The average molecular weight is 346 g/mol. The third kappa shape index (κ3) is 2.77. The predicted molar refractivity (Wildman–Crippen MR) is 103 cm³/mol. The van der Waals surface area contributed by atoms with Gasteiger partial charge in [-0.3, -0.25) is 0 Å². The van der Waals surface area contributed by atoms with E-state index in [-0.39, 0.29) is 0 Å². The van der Waals surface area contributed by atoms with Crippen molar-refractivity contribution < 1.29 is 9.15 Å². The fraction of sp³-hybridized carbons (Fsp3) is 0.227. The predicted octanol–water partition coefficient (Wildman–Crippen LogP) is 5.41. The zero-order valence-electron chi connectivity index (χ0n) is 15.5. The minimum absolute atomic E-state index is 0.515. The lowest BCUT2D eigenvalue weighted by atomic mass is 10.0. The molecular weight excluding hydrogens is 324 g/mol. The van der Waals surface area contributed by atoms with E-state index in [2.05, 4.69) is 49.6 Å². The smallest absolute Gasteiger partial charge is 0.180 e. The maximum Gasteiger partial charge on any atom is 0.180 e. The van der Waals surface area contributed by atoms with Crippen LogP contribution in [0.15, 0.2) is 53.3 Å². The van der Waals surface area contributed by atoms with Gasteiger partial charge in [0.1, 0.15) is 12.4 Å². The fourth-order valence-corrected chi connectivity index (χ4v) is 3.25. The van der Waals surface area contributed by atoms with Crippen molar-refractivity contribution in [1.82, 2.24) is 9.38 Å². The van der Waals surface area contributed by atoms with Gasteiger partial charge in [0, 0.05) is 17.5 Å². The summed E-state index contributed by atoms with van der Waals surface area (Å²) in [5.74, 6) is 1.58. The molecule has 0 aliphatic heterocycles. The molecule has 0 amide bonds. The summed E-state index contributed by atoms with van der Waals surface area (Å²) < 4.78 is 13.9. The summed E-state index contributed by atoms with van der Waals surface area (Å²) in [5.41, 5.74) is 7.59. The number of aromatic nitrogens is 2. The molecule has 0 saturated heterocycles. The Labute approximate surface area is 153 Å². The van der Waals surface area contributed by atoms with Gasteiger partial charge in [-0.25, -0.2) is 4.98 Å². The third-order valence-corrected chi connectivity index (χ3v) is 4.98. The number of ether oxygens (including phenoxy) is 1. The van der Waals surface area contributed by atoms with E-state index >= 15 is 0 Å². The van der Waals surface area contributed by atoms with Gasteiger partial charge in [-0.2, -0.15) is 0 Å². The molecule has 0 saturated carbocycles. The van der Waals surface area contributed by atoms with Crippen LogP contribution in [-0.4, -0.2) is 9.38 Å². The van der Waals surface area contributed by atoms with Gasteiger partial charge in [-0.15, -0.1) is 0 Å². The first-order valence-corrected chi connectivity index (χ1v) is 8.75. The number of rotatable bonds is 4. The Kier molecular flexibility index (Phi) is 4.03. The molecule has 4 nitrogen and oxygen atoms in total. The van der Waals surface area contributed by atoms with Crippen LogP contribution < -0.4 is 4.74 Å². The second-order valence-corrected chi connectivity index (χ2v) is 6.71. The first-order chi connectivity index (χ1) is 12.5. The van der Waals surface area contributed by atoms with E-state index in [4.69, 9.17) is 14.1 Å². The Hall–Kier alpha value is -3.01. The second kappa shape index (κ2) is 6.37. The van der Waals surface area contributed by atoms with Crippen LogP contribution in [0.1, 0.15) is 28.1 Å². The van der Waals surface area contributed by atoms with Gasteiger partial charge in [0.05, 0.1) is 12.0 Å². The van der Waals surface area contributed by atoms with E-state index in [1.807, 2.05) is 25.1 Å². The molecule has 0 aliphatic carbocycles. The molecule has 4 aromatic rings. The van der Waals surface area contributed by atoms with E-state index in [0.29, 0.717) is 6.61 Å². The number of pyridine rings is 1. The highest BCUT2D eigenvalue weighted by Gasteiger charge is 2.15. The van der Waals surface area contributed by atoms with E-state index in [1.54, 1.807) is 6.26 Å². The van der Waals surface area contributed by atoms with Crippen molar-refractivity contribution in [2.75, 3.05) is 0 Å². The summed E-state index contributed by atoms with van der Waals surface area (Å²) in [6.45, 7) is 8.83. The minimum Gasteiger partial charge on any atom is -0.485 e. The number of fused-ring (bicyclic) bond motifs is 1. The van der Waals surface area contributed by atoms with Crippen LogP contribution in [0.2, 0.25) is 0 Å². The van der Waals surface area contributed by atoms with Gasteiger partial charge < -0.3 is 13.6 Å². The molecule has 0 radical (unpaired) electrons. The highest BCUT2D eigenvalue weighted by atomic mass is 16.5. The van der Waals surface area contributed by atoms with Gasteiger partial charge >= 0.3 is 0 Å². The van der Waals surface area contributed by atoms with Crippen molar-refractivity contribution in [2.45, 2.75) is 34.3 Å². The number of aryl methyl sites for hydroxylation is 4. The summed E-state index contributed by atoms with van der Waals surface area (Å²) in [7, 11) is 0. The quantitative estimate of drug-likeness (QED) is 0.496. The average Bonchev–Trinajstić information content (AvgIpc) is 3.24. The Morgan fingerprint density at radius 1 is 1.04 bits per heavy atom. The Morgan fingerprint density at radius 3 is 2.50 bits per heavy atom. The molecule has 3 aromatic heterocycles. The lowest BCUT2D eigenvalue weighted by molar-refractivity contribution is 0.306. The lowest BCUT2D eigenvalue weighted by Gasteiger charge is -2.13. The van der Waals surface area contributed by atoms with Crippen molar-refractivity contribution in [1.29, 1.82) is 0 Å². The Morgan fingerprint density at radius 2 is 1.81 bits per heavy atom. The standard InChI is InChI=1S/C22H22N2O2/c1-14-7-5-8-15(2)19(14)13-26-21-11-18(20-9-6-10-25-20)12-24-17(4)16(3)23-22(21)24/h5-12H,13H2,1-4H3. The molecule has 26 heavy (non-hydrogen) atoms. The van der Waals surface area contributed by atoms with Gasteiger partial charge in [-0.1, -0.05) is 18.2 Å². The molecule has 0 aliphatic rings. The highest BCUT2D eigenvalue weighted by Crippen LogP contribution is 2.30. The second-order valence-electron chi connectivity index (χ2n) is 6.71. The van der Waals surface area contributed by atoms with Crippen LogP contribution in [0.3, 0.4) is 0 Å². The Balaban J connectivity index is 1.79.